The number of hydrogen-bond donors (Lipinski definition) is 2. The number of carbonyl (C=O) groups excluding carboxylic acids is 1. The van der Waals surface area contributed by atoms with Gasteiger partial charge in [-0.15, -0.1) is 0 Å². The number of hydrogen-bond acceptors (Lipinski definition) is 2. The van der Waals surface area contributed by atoms with Crippen molar-refractivity contribution in [3.63, 3.8) is 0 Å². The monoisotopic (exact) mass is 249 g/mol. The van der Waals surface area contributed by atoms with Gasteiger partial charge >= 0.3 is 5.97 Å². The van der Waals surface area contributed by atoms with Crippen LogP contribution in [0, 0.1) is 0 Å². The Morgan fingerprint density at radius 1 is 1.22 bits per heavy atom. The maximum Gasteiger partial charge on any atom is 0.333 e. The Bertz CT molecular complexity index is 451. The van der Waals surface area contributed by atoms with Crippen molar-refractivity contribution in [3.05, 3.63) is 35.4 Å². The number of carboxylic acids is 1. The molecule has 0 saturated heterocycles. The van der Waals surface area contributed by atoms with E-state index in [1.807, 2.05) is 12.1 Å². The highest BCUT2D eigenvalue weighted by Crippen LogP contribution is 2.23. The lowest BCUT2D eigenvalue weighted by Gasteiger charge is -2.26. The first-order valence-corrected chi connectivity index (χ1v) is 5.90. The van der Waals surface area contributed by atoms with Crippen LogP contribution in [0.4, 0.5) is 0 Å². The zero-order valence-electron chi connectivity index (χ0n) is 11.2. The molecule has 18 heavy (non-hydrogen) atoms. The zero-order chi connectivity index (χ0) is 13.9. The van der Waals surface area contributed by atoms with Crippen LogP contribution in [-0.2, 0) is 15.1 Å². The first-order valence-electron chi connectivity index (χ1n) is 5.90. The van der Waals surface area contributed by atoms with Crippen molar-refractivity contribution < 1.29 is 14.7 Å². The third-order valence-electron chi connectivity index (χ3n) is 3.01. The van der Waals surface area contributed by atoms with Crippen molar-refractivity contribution in [2.24, 2.45) is 0 Å². The Hall–Kier alpha value is -1.84. The Morgan fingerprint density at radius 2 is 1.72 bits per heavy atom. The molecule has 1 atom stereocenters. The van der Waals surface area contributed by atoms with Crippen LogP contribution in [0.25, 0.3) is 0 Å². The van der Waals surface area contributed by atoms with E-state index < -0.39 is 11.5 Å². The predicted octanol–water partition coefficient (Wildman–Crippen LogP) is 2.25. The highest BCUT2D eigenvalue weighted by molar-refractivity contribution is 5.86. The second-order valence-electron chi connectivity index (χ2n) is 4.89. The number of aliphatic carboxylic acids is 1. The Balaban J connectivity index is 3.14. The van der Waals surface area contributed by atoms with Gasteiger partial charge in [-0.1, -0.05) is 38.1 Å². The van der Waals surface area contributed by atoms with Crippen LogP contribution in [0.5, 0.6) is 0 Å². The van der Waals surface area contributed by atoms with Crippen LogP contribution in [0.15, 0.2) is 24.3 Å². The molecule has 0 aromatic heterocycles. The molecule has 1 amide bonds. The summed E-state index contributed by atoms with van der Waals surface area (Å²) in [4.78, 5) is 22.5. The molecule has 0 spiro atoms. The normalized spacial score (nSPS) is 14.1. The molecule has 0 bridgehead atoms. The summed E-state index contributed by atoms with van der Waals surface area (Å²) in [6.45, 7) is 6.93. The molecule has 0 fully saturated rings. The molecule has 0 radical (unpaired) electrons. The van der Waals surface area contributed by atoms with Crippen LogP contribution in [-0.4, -0.2) is 17.0 Å². The second kappa shape index (κ2) is 5.21. The minimum Gasteiger partial charge on any atom is -0.479 e. The second-order valence-corrected chi connectivity index (χ2v) is 4.89. The lowest BCUT2D eigenvalue weighted by atomic mass is 9.90. The van der Waals surface area contributed by atoms with Gasteiger partial charge in [0.15, 0.2) is 5.54 Å². The van der Waals surface area contributed by atoms with Crippen molar-refractivity contribution in [1.29, 1.82) is 0 Å². The van der Waals surface area contributed by atoms with Crippen molar-refractivity contribution in [3.8, 4) is 0 Å². The molecular weight excluding hydrogens is 230 g/mol. The molecule has 0 heterocycles. The SMILES string of the molecule is CC(=O)NC(C)(C(=O)O)c1ccc(C(C)C)cc1. The van der Waals surface area contributed by atoms with Gasteiger partial charge in [-0.25, -0.2) is 4.79 Å². The van der Waals surface area contributed by atoms with E-state index in [0.717, 1.165) is 5.56 Å². The fourth-order valence-corrected chi connectivity index (χ4v) is 1.80. The van der Waals surface area contributed by atoms with Gasteiger partial charge in [-0.05, 0) is 24.0 Å². The van der Waals surface area contributed by atoms with Crippen LogP contribution in [0.3, 0.4) is 0 Å². The van der Waals surface area contributed by atoms with E-state index in [9.17, 15) is 14.7 Å². The van der Waals surface area contributed by atoms with E-state index in [2.05, 4.69) is 19.2 Å². The van der Waals surface area contributed by atoms with Crippen molar-refractivity contribution in [1.82, 2.24) is 5.32 Å². The number of amides is 1. The zero-order valence-corrected chi connectivity index (χ0v) is 11.2. The predicted molar refractivity (Wildman–Crippen MR) is 69.3 cm³/mol. The first kappa shape index (κ1) is 14.2. The number of nitrogens with one attached hydrogen (secondary N) is 1. The lowest BCUT2D eigenvalue weighted by molar-refractivity contribution is -0.147. The molecule has 0 aliphatic heterocycles. The van der Waals surface area contributed by atoms with E-state index in [-0.39, 0.29) is 5.91 Å². The fourth-order valence-electron chi connectivity index (χ4n) is 1.80. The largest absolute Gasteiger partial charge is 0.479 e. The lowest BCUT2D eigenvalue weighted by Crippen LogP contribution is -2.48. The number of carboxylic acid groups (broad SMARTS) is 1. The maximum atomic E-state index is 11.4. The summed E-state index contributed by atoms with van der Waals surface area (Å²) in [7, 11) is 0. The molecule has 1 aromatic carbocycles. The van der Waals surface area contributed by atoms with Gasteiger partial charge in [0, 0.05) is 6.92 Å². The van der Waals surface area contributed by atoms with Gasteiger partial charge in [-0.2, -0.15) is 0 Å². The van der Waals surface area contributed by atoms with Crippen LogP contribution in [0.2, 0.25) is 0 Å². The molecule has 1 unspecified atom stereocenters. The van der Waals surface area contributed by atoms with Crippen molar-refractivity contribution in [2.45, 2.75) is 39.2 Å². The summed E-state index contributed by atoms with van der Waals surface area (Å²) in [5.41, 5.74) is 0.311. The molecule has 1 aromatic rings. The van der Waals surface area contributed by atoms with E-state index in [1.165, 1.54) is 13.8 Å². The van der Waals surface area contributed by atoms with E-state index in [4.69, 9.17) is 0 Å². The molecule has 4 heteroatoms. The molecular formula is C14H19NO3. The minimum atomic E-state index is -1.39. The smallest absolute Gasteiger partial charge is 0.333 e. The van der Waals surface area contributed by atoms with E-state index in [0.29, 0.717) is 11.5 Å². The number of benzene rings is 1. The molecule has 98 valence electrons. The third kappa shape index (κ3) is 2.88. The minimum absolute atomic E-state index is 0.368. The van der Waals surface area contributed by atoms with Crippen LogP contribution >= 0.6 is 0 Å². The summed E-state index contributed by atoms with van der Waals surface area (Å²) < 4.78 is 0. The topological polar surface area (TPSA) is 66.4 Å². The number of rotatable bonds is 4. The fraction of sp³-hybridized carbons (Fsp3) is 0.429. The van der Waals surface area contributed by atoms with Gasteiger partial charge in [-0.3, -0.25) is 4.79 Å². The molecule has 0 aliphatic carbocycles. The van der Waals surface area contributed by atoms with E-state index in [1.54, 1.807) is 12.1 Å². The number of carbonyl (C=O) groups is 2. The van der Waals surface area contributed by atoms with Crippen LogP contribution in [0.1, 0.15) is 44.7 Å². The Kier molecular flexibility index (Phi) is 4.11. The summed E-state index contributed by atoms with van der Waals surface area (Å²) in [5, 5.41) is 11.8. The summed E-state index contributed by atoms with van der Waals surface area (Å²) >= 11 is 0. The van der Waals surface area contributed by atoms with Crippen molar-refractivity contribution >= 4 is 11.9 Å². The van der Waals surface area contributed by atoms with Gasteiger partial charge < -0.3 is 10.4 Å². The van der Waals surface area contributed by atoms with Gasteiger partial charge in [0.25, 0.3) is 0 Å². The summed E-state index contributed by atoms with van der Waals surface area (Å²) in [6, 6.07) is 7.28. The van der Waals surface area contributed by atoms with Gasteiger partial charge in [0.1, 0.15) is 0 Å². The molecule has 4 nitrogen and oxygen atoms in total. The average molecular weight is 249 g/mol. The first-order chi connectivity index (χ1) is 8.27. The highest BCUT2D eigenvalue weighted by atomic mass is 16.4. The Labute approximate surface area is 107 Å². The average Bonchev–Trinajstić information content (AvgIpc) is 2.27. The standard InChI is InChI=1S/C14H19NO3/c1-9(2)11-5-7-12(8-6-11)14(4,13(17)18)15-10(3)16/h5-9H,1-4H3,(H,15,16)(H,17,18). The third-order valence-corrected chi connectivity index (χ3v) is 3.01. The van der Waals surface area contributed by atoms with E-state index >= 15 is 0 Å². The molecule has 2 N–H and O–H groups in total. The quantitative estimate of drug-likeness (QED) is 0.860. The van der Waals surface area contributed by atoms with Crippen molar-refractivity contribution in [2.75, 3.05) is 0 Å². The summed E-state index contributed by atoms with van der Waals surface area (Å²) in [6.07, 6.45) is 0. The highest BCUT2D eigenvalue weighted by Gasteiger charge is 2.35. The molecule has 0 saturated carbocycles. The Morgan fingerprint density at radius 3 is 2.06 bits per heavy atom. The summed E-state index contributed by atoms with van der Waals surface area (Å²) in [5.74, 6) is -1.06. The van der Waals surface area contributed by atoms with Gasteiger partial charge in [0.05, 0.1) is 0 Å². The maximum absolute atomic E-state index is 11.4. The van der Waals surface area contributed by atoms with Gasteiger partial charge in [0.2, 0.25) is 5.91 Å². The molecule has 0 aliphatic rings. The molecule has 1 rings (SSSR count). The van der Waals surface area contributed by atoms with Crippen LogP contribution < -0.4 is 5.32 Å².